The van der Waals surface area contributed by atoms with Crippen molar-refractivity contribution in [1.29, 1.82) is 0 Å². The molecule has 1 unspecified atom stereocenters. The van der Waals surface area contributed by atoms with Gasteiger partial charge in [-0.15, -0.1) is 0 Å². The van der Waals surface area contributed by atoms with E-state index >= 15 is 0 Å². The molecule has 1 atom stereocenters. The number of nitrogens with one attached hydrogen (secondary N) is 1. The number of hydrogen-bond donors (Lipinski definition) is 2. The van der Waals surface area contributed by atoms with Gasteiger partial charge in [0.05, 0.1) is 5.92 Å². The lowest BCUT2D eigenvalue weighted by Crippen LogP contribution is -2.35. The van der Waals surface area contributed by atoms with E-state index in [0.717, 1.165) is 11.3 Å². The molecule has 1 aromatic carbocycles. The Kier molecular flexibility index (Phi) is 3.34. The number of nitrogens with zero attached hydrogens (tertiary/aromatic N) is 2. The second-order valence-electron chi connectivity index (χ2n) is 5.50. The molecule has 1 aliphatic heterocycles. The van der Waals surface area contributed by atoms with Crippen LogP contribution in [-0.4, -0.2) is 36.4 Å². The van der Waals surface area contributed by atoms with Gasteiger partial charge in [-0.3, -0.25) is 9.79 Å². The zero-order chi connectivity index (χ0) is 14.1. The van der Waals surface area contributed by atoms with E-state index in [4.69, 9.17) is 5.73 Å². The first kappa shape index (κ1) is 13.0. The summed E-state index contributed by atoms with van der Waals surface area (Å²) < 4.78 is 0. The van der Waals surface area contributed by atoms with Crippen LogP contribution in [0.4, 0.5) is 5.69 Å². The fourth-order valence-electron chi connectivity index (χ4n) is 2.63. The summed E-state index contributed by atoms with van der Waals surface area (Å²) >= 11 is 0. The minimum absolute atomic E-state index is 0.0653. The third-order valence-electron chi connectivity index (χ3n) is 4.06. The van der Waals surface area contributed by atoms with Crippen LogP contribution >= 0.6 is 0 Å². The van der Waals surface area contributed by atoms with Crippen LogP contribution in [0.25, 0.3) is 0 Å². The minimum Gasteiger partial charge on any atom is -0.370 e. The number of carbonyl (C=O) groups is 1. The molecule has 1 saturated carbocycles. The Labute approximate surface area is 118 Å². The standard InChI is InChI=1S/C15H20N4O/c1-19(10-6-7-10)15(16)17-9-8-12-11-4-2-3-5-13(11)18-14(12)20/h2-5,10,12H,6-9H2,1H3,(H2,16,17)(H,18,20). The van der Waals surface area contributed by atoms with Crippen LogP contribution in [0, 0.1) is 0 Å². The Hall–Kier alpha value is -2.04. The largest absolute Gasteiger partial charge is 0.370 e. The number of benzene rings is 1. The predicted octanol–water partition coefficient (Wildman–Crippen LogP) is 1.52. The van der Waals surface area contributed by atoms with Gasteiger partial charge in [-0.05, 0) is 30.9 Å². The molecule has 0 radical (unpaired) electrons. The SMILES string of the molecule is CN(C(N)=NCCC1C(=O)Nc2ccccc21)C1CC1. The van der Waals surface area contributed by atoms with Gasteiger partial charge in [-0.1, -0.05) is 18.2 Å². The number of guanidine groups is 1. The van der Waals surface area contributed by atoms with Gasteiger partial charge >= 0.3 is 0 Å². The summed E-state index contributed by atoms with van der Waals surface area (Å²) in [4.78, 5) is 18.4. The maximum Gasteiger partial charge on any atom is 0.232 e. The van der Waals surface area contributed by atoms with Gasteiger partial charge in [-0.2, -0.15) is 0 Å². The summed E-state index contributed by atoms with van der Waals surface area (Å²) in [5.74, 6) is 0.545. The Morgan fingerprint density at radius 1 is 1.45 bits per heavy atom. The molecule has 1 amide bonds. The molecule has 0 bridgehead atoms. The number of aliphatic imine (C=N–C) groups is 1. The van der Waals surface area contributed by atoms with Crippen molar-refractivity contribution in [2.24, 2.45) is 10.7 Å². The summed E-state index contributed by atoms with van der Waals surface area (Å²) in [5, 5.41) is 2.91. The second-order valence-corrected chi connectivity index (χ2v) is 5.50. The summed E-state index contributed by atoms with van der Waals surface area (Å²) in [5.41, 5.74) is 7.94. The van der Waals surface area contributed by atoms with Crippen LogP contribution in [0.1, 0.15) is 30.7 Å². The summed E-state index contributed by atoms with van der Waals surface area (Å²) in [6.07, 6.45) is 3.10. The lowest BCUT2D eigenvalue weighted by molar-refractivity contribution is -0.117. The fourth-order valence-corrected chi connectivity index (χ4v) is 2.63. The monoisotopic (exact) mass is 272 g/mol. The number of rotatable bonds is 4. The van der Waals surface area contributed by atoms with Crippen LogP contribution in [-0.2, 0) is 4.79 Å². The Bertz CT molecular complexity index is 551. The van der Waals surface area contributed by atoms with E-state index < -0.39 is 0 Å². The Balaban J connectivity index is 1.61. The summed E-state index contributed by atoms with van der Waals surface area (Å²) in [6.45, 7) is 0.579. The van der Waals surface area contributed by atoms with E-state index in [2.05, 4.69) is 10.3 Å². The topological polar surface area (TPSA) is 70.7 Å². The number of hydrogen-bond acceptors (Lipinski definition) is 2. The highest BCUT2D eigenvalue weighted by atomic mass is 16.2. The number of anilines is 1. The van der Waals surface area contributed by atoms with Crippen molar-refractivity contribution in [3.8, 4) is 0 Å². The zero-order valence-corrected chi connectivity index (χ0v) is 11.7. The van der Waals surface area contributed by atoms with Gasteiger partial charge in [-0.25, -0.2) is 0 Å². The van der Waals surface area contributed by atoms with Crippen molar-refractivity contribution >= 4 is 17.6 Å². The van der Waals surface area contributed by atoms with E-state index in [9.17, 15) is 4.79 Å². The van der Waals surface area contributed by atoms with Crippen LogP contribution < -0.4 is 11.1 Å². The van der Waals surface area contributed by atoms with Crippen LogP contribution in [0.5, 0.6) is 0 Å². The maximum absolute atomic E-state index is 12.0. The highest BCUT2D eigenvalue weighted by Crippen LogP contribution is 2.34. The fraction of sp³-hybridized carbons (Fsp3) is 0.467. The van der Waals surface area contributed by atoms with Crippen molar-refractivity contribution < 1.29 is 4.79 Å². The maximum atomic E-state index is 12.0. The highest BCUT2D eigenvalue weighted by molar-refractivity contribution is 6.02. The van der Waals surface area contributed by atoms with Crippen molar-refractivity contribution in [3.05, 3.63) is 29.8 Å². The number of fused-ring (bicyclic) bond motifs is 1. The normalized spacial score (nSPS) is 21.6. The molecular formula is C15H20N4O. The van der Waals surface area contributed by atoms with Gasteiger partial charge in [0.1, 0.15) is 0 Å². The molecule has 20 heavy (non-hydrogen) atoms. The molecule has 1 heterocycles. The first-order chi connectivity index (χ1) is 9.66. The third-order valence-corrected chi connectivity index (χ3v) is 4.06. The highest BCUT2D eigenvalue weighted by Gasteiger charge is 2.30. The molecule has 1 fully saturated rings. The molecular weight excluding hydrogens is 252 g/mol. The molecule has 1 aliphatic carbocycles. The lowest BCUT2D eigenvalue weighted by Gasteiger charge is -2.17. The van der Waals surface area contributed by atoms with Gasteiger partial charge in [0.25, 0.3) is 0 Å². The molecule has 0 saturated heterocycles. The first-order valence-electron chi connectivity index (χ1n) is 7.09. The molecule has 1 aromatic rings. The molecule has 3 N–H and O–H groups in total. The van der Waals surface area contributed by atoms with Gasteiger partial charge in [0, 0.05) is 25.3 Å². The number of amides is 1. The minimum atomic E-state index is -0.103. The van der Waals surface area contributed by atoms with E-state index in [1.807, 2.05) is 36.2 Å². The number of carbonyl (C=O) groups excluding carboxylic acids is 1. The lowest BCUT2D eigenvalue weighted by atomic mass is 9.97. The molecule has 5 nitrogen and oxygen atoms in total. The number of para-hydroxylation sites is 1. The quantitative estimate of drug-likeness (QED) is 0.645. The average Bonchev–Trinajstić information content (AvgIpc) is 3.23. The van der Waals surface area contributed by atoms with Gasteiger partial charge in [0.2, 0.25) is 5.91 Å². The molecule has 106 valence electrons. The van der Waals surface area contributed by atoms with Gasteiger partial charge in [0.15, 0.2) is 5.96 Å². The van der Waals surface area contributed by atoms with Crippen molar-refractivity contribution in [2.45, 2.75) is 31.2 Å². The van der Waals surface area contributed by atoms with Crippen molar-refractivity contribution in [1.82, 2.24) is 4.90 Å². The zero-order valence-electron chi connectivity index (χ0n) is 11.7. The second kappa shape index (κ2) is 5.15. The van der Waals surface area contributed by atoms with E-state index in [1.54, 1.807) is 0 Å². The molecule has 2 aliphatic rings. The van der Waals surface area contributed by atoms with Crippen LogP contribution in [0.2, 0.25) is 0 Å². The molecule has 5 heteroatoms. The Morgan fingerprint density at radius 3 is 2.95 bits per heavy atom. The van der Waals surface area contributed by atoms with Crippen LogP contribution in [0.15, 0.2) is 29.3 Å². The summed E-state index contributed by atoms with van der Waals surface area (Å²) in [7, 11) is 1.98. The number of nitrogens with two attached hydrogens (primary N) is 1. The van der Waals surface area contributed by atoms with E-state index in [1.165, 1.54) is 12.8 Å². The van der Waals surface area contributed by atoms with E-state index in [0.29, 0.717) is 25.0 Å². The van der Waals surface area contributed by atoms with E-state index in [-0.39, 0.29) is 11.8 Å². The van der Waals surface area contributed by atoms with Crippen molar-refractivity contribution in [2.75, 3.05) is 18.9 Å². The molecule has 0 aromatic heterocycles. The van der Waals surface area contributed by atoms with Crippen LogP contribution in [0.3, 0.4) is 0 Å². The Morgan fingerprint density at radius 2 is 2.20 bits per heavy atom. The van der Waals surface area contributed by atoms with Gasteiger partial charge < -0.3 is 16.0 Å². The average molecular weight is 272 g/mol. The predicted molar refractivity (Wildman–Crippen MR) is 79.7 cm³/mol. The molecule has 3 rings (SSSR count). The third kappa shape index (κ3) is 2.48. The summed E-state index contributed by atoms with van der Waals surface area (Å²) in [6, 6.07) is 8.40. The smallest absolute Gasteiger partial charge is 0.232 e. The first-order valence-corrected chi connectivity index (χ1v) is 7.09. The van der Waals surface area contributed by atoms with Crippen molar-refractivity contribution in [3.63, 3.8) is 0 Å². The molecule has 0 spiro atoms.